The first-order chi connectivity index (χ1) is 6.16. The van der Waals surface area contributed by atoms with Gasteiger partial charge in [-0.2, -0.15) is 0 Å². The highest BCUT2D eigenvalue weighted by atomic mass is 16.3. The molecule has 1 saturated heterocycles. The van der Waals surface area contributed by atoms with Gasteiger partial charge in [0.25, 0.3) is 0 Å². The summed E-state index contributed by atoms with van der Waals surface area (Å²) < 4.78 is 0. The van der Waals surface area contributed by atoms with Gasteiger partial charge in [-0.3, -0.25) is 4.90 Å². The lowest BCUT2D eigenvalue weighted by Crippen LogP contribution is -2.58. The van der Waals surface area contributed by atoms with Gasteiger partial charge in [-0.05, 0) is 27.2 Å². The van der Waals surface area contributed by atoms with Crippen LogP contribution in [0.2, 0.25) is 0 Å². The van der Waals surface area contributed by atoms with Gasteiger partial charge in [0.2, 0.25) is 0 Å². The summed E-state index contributed by atoms with van der Waals surface area (Å²) in [7, 11) is 0. The van der Waals surface area contributed by atoms with Gasteiger partial charge in [-0.1, -0.05) is 0 Å². The highest BCUT2D eigenvalue weighted by molar-refractivity contribution is 4.86. The third kappa shape index (κ3) is 2.66. The summed E-state index contributed by atoms with van der Waals surface area (Å²) in [6.45, 7) is 9.08. The monoisotopic (exact) mass is 186 g/mol. The molecule has 13 heavy (non-hydrogen) atoms. The number of aliphatic hydroxyl groups is 1. The van der Waals surface area contributed by atoms with Crippen LogP contribution in [-0.4, -0.2) is 47.8 Å². The molecule has 0 amide bonds. The van der Waals surface area contributed by atoms with Crippen molar-refractivity contribution in [3.05, 3.63) is 0 Å². The van der Waals surface area contributed by atoms with Crippen molar-refractivity contribution in [3.63, 3.8) is 0 Å². The fourth-order valence-corrected chi connectivity index (χ4v) is 2.36. The number of aliphatic hydroxyl groups excluding tert-OH is 1. The van der Waals surface area contributed by atoms with E-state index in [-0.39, 0.29) is 0 Å². The van der Waals surface area contributed by atoms with Gasteiger partial charge >= 0.3 is 0 Å². The summed E-state index contributed by atoms with van der Waals surface area (Å²) in [5.41, 5.74) is 0. The predicted molar refractivity (Wildman–Crippen MR) is 54.8 cm³/mol. The average molecular weight is 186 g/mol. The van der Waals surface area contributed by atoms with Crippen molar-refractivity contribution in [2.45, 2.75) is 45.3 Å². The normalized spacial score (nSPS) is 31.2. The van der Waals surface area contributed by atoms with Crippen molar-refractivity contribution in [1.29, 1.82) is 0 Å². The Labute approximate surface area is 81.1 Å². The molecule has 0 spiro atoms. The van der Waals surface area contributed by atoms with Gasteiger partial charge in [-0.15, -0.1) is 0 Å². The molecular formula is C10H22N2O. The maximum atomic E-state index is 8.95. The van der Waals surface area contributed by atoms with Crippen molar-refractivity contribution in [3.8, 4) is 0 Å². The molecule has 2 atom stereocenters. The van der Waals surface area contributed by atoms with Gasteiger partial charge < -0.3 is 10.4 Å². The molecule has 0 aromatic heterocycles. The molecule has 0 aromatic carbocycles. The van der Waals surface area contributed by atoms with Crippen molar-refractivity contribution in [2.75, 3.05) is 19.7 Å². The molecule has 0 radical (unpaired) electrons. The Morgan fingerprint density at radius 2 is 2.15 bits per heavy atom. The summed E-state index contributed by atoms with van der Waals surface area (Å²) in [5.74, 6) is 0. The van der Waals surface area contributed by atoms with Crippen LogP contribution in [0.3, 0.4) is 0 Å². The van der Waals surface area contributed by atoms with E-state index in [1.54, 1.807) is 0 Å². The molecule has 0 aliphatic carbocycles. The Balaban J connectivity index is 2.57. The van der Waals surface area contributed by atoms with E-state index < -0.39 is 0 Å². The molecule has 3 nitrogen and oxygen atoms in total. The van der Waals surface area contributed by atoms with Crippen LogP contribution in [0.5, 0.6) is 0 Å². The SMILES string of the molecule is CC(C)N1C(C)CNCC1CCO. The highest BCUT2D eigenvalue weighted by Gasteiger charge is 2.28. The average Bonchev–Trinajstić information content (AvgIpc) is 2.04. The van der Waals surface area contributed by atoms with Crippen molar-refractivity contribution >= 4 is 0 Å². The Kier molecular flexibility index (Phi) is 4.16. The van der Waals surface area contributed by atoms with Crippen LogP contribution >= 0.6 is 0 Å². The Morgan fingerprint density at radius 3 is 2.69 bits per heavy atom. The second-order valence-corrected chi connectivity index (χ2v) is 4.21. The summed E-state index contributed by atoms with van der Waals surface area (Å²) in [6, 6.07) is 1.67. The molecule has 3 heteroatoms. The Morgan fingerprint density at radius 1 is 1.46 bits per heavy atom. The van der Waals surface area contributed by atoms with Crippen LogP contribution in [0, 0.1) is 0 Å². The molecule has 1 fully saturated rings. The first-order valence-corrected chi connectivity index (χ1v) is 5.25. The van der Waals surface area contributed by atoms with E-state index in [1.165, 1.54) is 0 Å². The zero-order valence-electron chi connectivity index (χ0n) is 8.95. The van der Waals surface area contributed by atoms with E-state index in [1.807, 2.05) is 0 Å². The second-order valence-electron chi connectivity index (χ2n) is 4.21. The largest absolute Gasteiger partial charge is 0.396 e. The number of hydrogen-bond acceptors (Lipinski definition) is 3. The van der Waals surface area contributed by atoms with Gasteiger partial charge in [0.05, 0.1) is 0 Å². The summed E-state index contributed by atoms with van der Waals surface area (Å²) >= 11 is 0. The smallest absolute Gasteiger partial charge is 0.0446 e. The second kappa shape index (κ2) is 4.94. The molecule has 0 aromatic rings. The molecule has 0 bridgehead atoms. The standard InChI is InChI=1S/C10H22N2O/c1-8(2)12-9(3)6-11-7-10(12)4-5-13/h8-11,13H,4-7H2,1-3H3. The fraction of sp³-hybridized carbons (Fsp3) is 1.00. The van der Waals surface area contributed by atoms with Crippen LogP contribution in [0.4, 0.5) is 0 Å². The van der Waals surface area contributed by atoms with Crippen LogP contribution in [0.25, 0.3) is 0 Å². The van der Waals surface area contributed by atoms with Crippen molar-refractivity contribution < 1.29 is 5.11 Å². The third-order valence-corrected chi connectivity index (χ3v) is 2.81. The molecule has 0 saturated carbocycles. The predicted octanol–water partition coefficient (Wildman–Crippen LogP) is 0.439. The molecular weight excluding hydrogens is 164 g/mol. The minimum absolute atomic E-state index is 0.294. The lowest BCUT2D eigenvalue weighted by molar-refractivity contribution is 0.0575. The molecule has 78 valence electrons. The van der Waals surface area contributed by atoms with E-state index in [2.05, 4.69) is 31.0 Å². The van der Waals surface area contributed by atoms with Crippen LogP contribution in [0.1, 0.15) is 27.2 Å². The van der Waals surface area contributed by atoms with Gasteiger partial charge in [0.1, 0.15) is 0 Å². The summed E-state index contributed by atoms with van der Waals surface area (Å²) in [4.78, 5) is 2.51. The number of nitrogens with zero attached hydrogens (tertiary/aromatic N) is 1. The fourth-order valence-electron chi connectivity index (χ4n) is 2.36. The van der Waals surface area contributed by atoms with Crippen LogP contribution in [-0.2, 0) is 0 Å². The Hall–Kier alpha value is -0.120. The van der Waals surface area contributed by atoms with Crippen LogP contribution in [0.15, 0.2) is 0 Å². The molecule has 2 N–H and O–H groups in total. The molecule has 1 heterocycles. The zero-order chi connectivity index (χ0) is 9.84. The highest BCUT2D eigenvalue weighted by Crippen LogP contribution is 2.16. The Bertz CT molecular complexity index is 148. The first-order valence-electron chi connectivity index (χ1n) is 5.25. The van der Waals surface area contributed by atoms with E-state index in [4.69, 9.17) is 5.11 Å². The maximum absolute atomic E-state index is 8.95. The van der Waals surface area contributed by atoms with Gasteiger partial charge in [0.15, 0.2) is 0 Å². The minimum Gasteiger partial charge on any atom is -0.396 e. The van der Waals surface area contributed by atoms with E-state index in [9.17, 15) is 0 Å². The lowest BCUT2D eigenvalue weighted by Gasteiger charge is -2.43. The molecule has 1 aliphatic rings. The molecule has 1 rings (SSSR count). The van der Waals surface area contributed by atoms with E-state index in [0.29, 0.717) is 24.7 Å². The van der Waals surface area contributed by atoms with E-state index >= 15 is 0 Å². The van der Waals surface area contributed by atoms with E-state index in [0.717, 1.165) is 19.5 Å². The van der Waals surface area contributed by atoms with Crippen molar-refractivity contribution in [2.24, 2.45) is 0 Å². The van der Waals surface area contributed by atoms with Crippen LogP contribution < -0.4 is 5.32 Å². The first kappa shape index (κ1) is 11.0. The topological polar surface area (TPSA) is 35.5 Å². The maximum Gasteiger partial charge on any atom is 0.0446 e. The third-order valence-electron chi connectivity index (χ3n) is 2.81. The summed E-state index contributed by atoms with van der Waals surface area (Å²) in [5, 5.41) is 12.4. The number of piperazine rings is 1. The number of rotatable bonds is 3. The molecule has 2 unspecified atom stereocenters. The van der Waals surface area contributed by atoms with Crippen molar-refractivity contribution in [1.82, 2.24) is 10.2 Å². The van der Waals surface area contributed by atoms with Gasteiger partial charge in [0, 0.05) is 37.8 Å². The number of hydrogen-bond donors (Lipinski definition) is 2. The molecule has 1 aliphatic heterocycles. The summed E-state index contributed by atoms with van der Waals surface area (Å²) in [6.07, 6.45) is 0.884. The lowest BCUT2D eigenvalue weighted by atomic mass is 10.0. The number of nitrogens with one attached hydrogen (secondary N) is 1. The minimum atomic E-state index is 0.294. The quantitative estimate of drug-likeness (QED) is 0.671. The zero-order valence-corrected chi connectivity index (χ0v) is 8.95. The van der Waals surface area contributed by atoms with Gasteiger partial charge in [-0.25, -0.2) is 0 Å².